The van der Waals surface area contributed by atoms with Crippen LogP contribution in [0.1, 0.15) is 33.6 Å². The third-order valence-electron chi connectivity index (χ3n) is 1.50. The summed E-state index contributed by atoms with van der Waals surface area (Å²) < 4.78 is 5.32. The van der Waals surface area contributed by atoms with Crippen LogP contribution in [0.25, 0.3) is 0 Å². The fraction of sp³-hybridized carbons (Fsp3) is 1.00. The first-order valence-electron chi connectivity index (χ1n) is 4.31. The lowest BCUT2D eigenvalue weighted by Gasteiger charge is -2.22. The van der Waals surface area contributed by atoms with Crippen molar-refractivity contribution in [2.24, 2.45) is 0 Å². The van der Waals surface area contributed by atoms with E-state index >= 15 is 0 Å². The zero-order valence-electron chi connectivity index (χ0n) is 8.63. The Labute approximate surface area is 78.3 Å². The largest absolute Gasteiger partial charge is 0.423 e. The van der Waals surface area contributed by atoms with Gasteiger partial charge in [0.25, 0.3) is 0 Å². The molecule has 0 radical (unpaired) electrons. The molecule has 0 aromatic heterocycles. The van der Waals surface area contributed by atoms with Crippen LogP contribution < -0.4 is 0 Å². The van der Waals surface area contributed by atoms with Crippen molar-refractivity contribution in [3.63, 3.8) is 0 Å². The predicted octanol–water partition coefficient (Wildman–Crippen LogP) is -0.167. The van der Waals surface area contributed by atoms with Gasteiger partial charge < -0.3 is 14.6 Å². The molecule has 0 spiro atoms. The summed E-state index contributed by atoms with van der Waals surface area (Å²) in [4.78, 5) is 0. The van der Waals surface area contributed by atoms with E-state index in [1.54, 1.807) is 0 Å². The molecule has 0 heterocycles. The van der Waals surface area contributed by atoms with Crippen LogP contribution in [-0.2, 0) is 4.43 Å². The van der Waals surface area contributed by atoms with Gasteiger partial charge in [-0.15, -0.1) is 0 Å². The lowest BCUT2D eigenvalue weighted by atomic mass is 10.0. The molecule has 0 saturated carbocycles. The number of aliphatic hydroxyl groups is 2. The van der Waals surface area contributed by atoms with Crippen molar-refractivity contribution in [3.8, 4) is 0 Å². The molecule has 0 aliphatic carbocycles. The van der Waals surface area contributed by atoms with Crippen LogP contribution in [0.4, 0.5) is 0 Å². The molecule has 0 bridgehead atoms. The maximum absolute atomic E-state index is 7.62. The van der Waals surface area contributed by atoms with E-state index in [9.17, 15) is 0 Å². The molecule has 0 aromatic carbocycles. The molecular formula is C8H22O3Si. The first-order valence-corrected chi connectivity index (χ1v) is 5.12. The van der Waals surface area contributed by atoms with Crippen LogP contribution in [0, 0.1) is 0 Å². The molecule has 0 amide bonds. The van der Waals surface area contributed by atoms with Gasteiger partial charge in [0.05, 0.1) is 13.2 Å². The molecule has 0 rings (SSSR count). The first-order chi connectivity index (χ1) is 5.54. The fourth-order valence-corrected chi connectivity index (χ4v) is 0.908. The molecule has 0 atom stereocenters. The van der Waals surface area contributed by atoms with Gasteiger partial charge in [0.1, 0.15) is 10.5 Å². The Hall–Kier alpha value is 0.0969. The topological polar surface area (TPSA) is 49.7 Å². The van der Waals surface area contributed by atoms with Gasteiger partial charge in [-0.25, -0.2) is 0 Å². The highest BCUT2D eigenvalue weighted by Gasteiger charge is 2.12. The Balaban J connectivity index is 0. The van der Waals surface area contributed by atoms with Crippen LogP contribution in [0.5, 0.6) is 0 Å². The molecule has 76 valence electrons. The lowest BCUT2D eigenvalue weighted by Crippen LogP contribution is -2.22. The van der Waals surface area contributed by atoms with Crippen LogP contribution >= 0.6 is 0 Å². The van der Waals surface area contributed by atoms with Crippen LogP contribution in [-0.4, -0.2) is 39.5 Å². The van der Waals surface area contributed by atoms with Gasteiger partial charge in [-0.3, -0.25) is 0 Å². The summed E-state index contributed by atoms with van der Waals surface area (Å²) in [5.74, 6) is 0. The summed E-state index contributed by atoms with van der Waals surface area (Å²) in [7, 11) is 0.862. The molecule has 0 aliphatic rings. The summed E-state index contributed by atoms with van der Waals surface area (Å²) in [6.45, 7) is 6.22. The summed E-state index contributed by atoms with van der Waals surface area (Å²) in [6.07, 6.45) is 2.39. The molecule has 0 aliphatic heterocycles. The number of hydrogen-bond acceptors (Lipinski definition) is 3. The zero-order valence-corrected chi connectivity index (χ0v) is 10.6. The third-order valence-corrected chi connectivity index (χ3v) is 2.61. The highest BCUT2D eigenvalue weighted by atomic mass is 28.2. The molecule has 4 heteroatoms. The van der Waals surface area contributed by atoms with E-state index in [2.05, 4.69) is 20.8 Å². The molecule has 0 aromatic rings. The maximum Gasteiger partial charge on any atom is 0.146 e. The van der Waals surface area contributed by atoms with E-state index in [-0.39, 0.29) is 18.8 Å². The van der Waals surface area contributed by atoms with E-state index in [1.807, 2.05) is 0 Å². The zero-order chi connectivity index (χ0) is 10.0. The number of rotatable bonds is 4. The van der Waals surface area contributed by atoms with Crippen molar-refractivity contribution < 1.29 is 14.6 Å². The Morgan fingerprint density at radius 3 is 1.75 bits per heavy atom. The number of aliphatic hydroxyl groups excluding tert-OH is 2. The van der Waals surface area contributed by atoms with E-state index in [0.29, 0.717) is 0 Å². The summed E-state index contributed by atoms with van der Waals surface area (Å²) in [6, 6.07) is 0. The van der Waals surface area contributed by atoms with Crippen molar-refractivity contribution in [1.82, 2.24) is 0 Å². The van der Waals surface area contributed by atoms with Gasteiger partial charge in [-0.05, 0) is 20.3 Å². The van der Waals surface area contributed by atoms with Gasteiger partial charge in [0, 0.05) is 5.60 Å². The van der Waals surface area contributed by atoms with Crippen molar-refractivity contribution in [2.75, 3.05) is 13.2 Å². The van der Waals surface area contributed by atoms with E-state index < -0.39 is 0 Å². The second-order valence-electron chi connectivity index (χ2n) is 3.16. The highest BCUT2D eigenvalue weighted by Crippen LogP contribution is 2.13. The van der Waals surface area contributed by atoms with Gasteiger partial charge in [-0.1, -0.05) is 13.3 Å². The van der Waals surface area contributed by atoms with Crippen molar-refractivity contribution in [1.29, 1.82) is 0 Å². The Bertz CT molecular complexity index is 84.4. The summed E-state index contributed by atoms with van der Waals surface area (Å²) in [5.41, 5.74) is 0.154. The van der Waals surface area contributed by atoms with E-state index in [4.69, 9.17) is 14.6 Å². The second kappa shape index (κ2) is 9.19. The predicted molar refractivity (Wildman–Crippen MR) is 54.2 cm³/mol. The minimum Gasteiger partial charge on any atom is -0.423 e. The normalized spacial score (nSPS) is 10.8. The molecular weight excluding hydrogens is 172 g/mol. The van der Waals surface area contributed by atoms with Crippen molar-refractivity contribution in [2.45, 2.75) is 39.2 Å². The van der Waals surface area contributed by atoms with E-state index in [0.717, 1.165) is 10.5 Å². The monoisotopic (exact) mass is 194 g/mol. The van der Waals surface area contributed by atoms with Crippen molar-refractivity contribution >= 4 is 10.5 Å². The molecule has 3 nitrogen and oxygen atoms in total. The molecule has 0 fully saturated rings. The average molecular weight is 194 g/mol. The standard InChI is InChI=1S/C6H16OSi.C2H6O2/c1-4-5-6(2,3)7-8;3-1-2-4/h4-5H2,1-3,8H3;3-4H,1-2H2. The SMILES string of the molecule is CCCC(C)(C)O[SiH3].OCCO. The summed E-state index contributed by atoms with van der Waals surface area (Å²) in [5, 5.41) is 15.2. The summed E-state index contributed by atoms with van der Waals surface area (Å²) >= 11 is 0. The van der Waals surface area contributed by atoms with Crippen LogP contribution in [0.2, 0.25) is 0 Å². The Kier molecular flexibility index (Phi) is 11.2. The lowest BCUT2D eigenvalue weighted by molar-refractivity contribution is 0.112. The van der Waals surface area contributed by atoms with Crippen molar-refractivity contribution in [3.05, 3.63) is 0 Å². The molecule has 12 heavy (non-hydrogen) atoms. The van der Waals surface area contributed by atoms with Crippen LogP contribution in [0.3, 0.4) is 0 Å². The number of hydrogen-bond donors (Lipinski definition) is 2. The maximum atomic E-state index is 7.62. The second-order valence-corrected chi connectivity index (χ2v) is 3.57. The molecule has 2 N–H and O–H groups in total. The Morgan fingerprint density at radius 1 is 1.25 bits per heavy atom. The minimum atomic E-state index is -0.125. The third kappa shape index (κ3) is 12.7. The average Bonchev–Trinajstić information content (AvgIpc) is 2.05. The highest BCUT2D eigenvalue weighted by molar-refractivity contribution is 5.98. The van der Waals surface area contributed by atoms with Gasteiger partial charge in [0.15, 0.2) is 0 Å². The smallest absolute Gasteiger partial charge is 0.146 e. The minimum absolute atomic E-state index is 0.125. The van der Waals surface area contributed by atoms with Gasteiger partial charge >= 0.3 is 0 Å². The van der Waals surface area contributed by atoms with Gasteiger partial charge in [-0.2, -0.15) is 0 Å². The fourth-order valence-electron chi connectivity index (χ4n) is 0.704. The first kappa shape index (κ1) is 14.6. The van der Waals surface area contributed by atoms with E-state index in [1.165, 1.54) is 12.8 Å². The van der Waals surface area contributed by atoms with Gasteiger partial charge in [0.2, 0.25) is 0 Å². The quantitative estimate of drug-likeness (QED) is 0.611. The molecule has 0 unspecified atom stereocenters. The van der Waals surface area contributed by atoms with Crippen LogP contribution in [0.15, 0.2) is 0 Å². The molecule has 0 saturated heterocycles. The Morgan fingerprint density at radius 2 is 1.67 bits per heavy atom.